The lowest BCUT2D eigenvalue weighted by atomic mass is 9.83. The highest BCUT2D eigenvalue weighted by atomic mass is 19.1. The summed E-state index contributed by atoms with van der Waals surface area (Å²) in [4.78, 5) is 51.7. The summed E-state index contributed by atoms with van der Waals surface area (Å²) in [7, 11) is 3.60. The predicted octanol–water partition coefficient (Wildman–Crippen LogP) is 1.74. The van der Waals surface area contributed by atoms with Gasteiger partial charge in [0.2, 0.25) is 5.91 Å². The van der Waals surface area contributed by atoms with Crippen LogP contribution < -0.4 is 0 Å². The van der Waals surface area contributed by atoms with Crippen LogP contribution >= 0.6 is 0 Å². The van der Waals surface area contributed by atoms with Gasteiger partial charge in [-0.1, -0.05) is 12.1 Å². The number of ether oxygens (including phenoxy) is 1. The standard InChI is InChI=1S/C23H28FN3O2.C6H8O7/c1-26(2)22(28)18(13-20-5-3-4-10-25-20)15-27-11-8-23(9-12-27)21-14-19(24)7-6-17(21)16-29-23;7-3(8)1-6(13,5(11)12)2-4(9)10/h3-7,10,14,18H,8-9,11-13,15-16H2,1-2H3;13H,1-2H2,(H,7,8)(H,9,10)(H,11,12). The van der Waals surface area contributed by atoms with Crippen LogP contribution in [-0.4, -0.2) is 98.4 Å². The van der Waals surface area contributed by atoms with E-state index in [1.54, 1.807) is 31.3 Å². The second-order valence-electron chi connectivity index (χ2n) is 10.8. The molecule has 42 heavy (non-hydrogen) atoms. The molecule has 2 aliphatic heterocycles. The number of halogens is 1. The molecule has 0 saturated carbocycles. The van der Waals surface area contributed by atoms with Crippen LogP contribution in [0.25, 0.3) is 0 Å². The molecule has 2 aliphatic rings. The Hall–Kier alpha value is -3.94. The number of carbonyl (C=O) groups excluding carboxylic acids is 1. The normalized spacial score (nSPS) is 16.6. The number of piperidine rings is 1. The molecule has 13 heteroatoms. The van der Waals surface area contributed by atoms with Crippen LogP contribution in [0.5, 0.6) is 0 Å². The van der Waals surface area contributed by atoms with Crippen molar-refractivity contribution in [3.8, 4) is 0 Å². The molecule has 2 aromatic rings. The first kappa shape index (κ1) is 32.6. The fraction of sp³-hybridized carbons (Fsp3) is 0.483. The third kappa shape index (κ3) is 8.30. The van der Waals surface area contributed by atoms with Gasteiger partial charge in [-0.2, -0.15) is 0 Å². The Morgan fingerprint density at radius 3 is 2.24 bits per heavy atom. The third-order valence-corrected chi connectivity index (χ3v) is 7.47. The van der Waals surface area contributed by atoms with E-state index in [4.69, 9.17) is 25.2 Å². The first-order chi connectivity index (χ1) is 19.7. The van der Waals surface area contributed by atoms with Gasteiger partial charge in [0.05, 0.1) is 31.0 Å². The zero-order valence-corrected chi connectivity index (χ0v) is 23.5. The number of nitrogens with zero attached hydrogens (tertiary/aromatic N) is 3. The number of aliphatic carboxylic acids is 3. The summed E-state index contributed by atoms with van der Waals surface area (Å²) >= 11 is 0. The van der Waals surface area contributed by atoms with Crippen LogP contribution in [0.4, 0.5) is 4.39 Å². The minimum absolute atomic E-state index is 0.125. The topological polar surface area (TPSA) is 178 Å². The van der Waals surface area contributed by atoms with Gasteiger partial charge < -0.3 is 35.0 Å². The zero-order chi connectivity index (χ0) is 31.1. The lowest BCUT2D eigenvalue weighted by Gasteiger charge is -2.40. The predicted molar refractivity (Wildman–Crippen MR) is 146 cm³/mol. The Bertz CT molecular complexity index is 1260. The molecule has 228 valence electrons. The van der Waals surface area contributed by atoms with Crippen LogP contribution in [0.15, 0.2) is 42.6 Å². The molecule has 0 aliphatic carbocycles. The number of aromatic nitrogens is 1. The number of amides is 1. The Kier molecular flexibility index (Phi) is 10.7. The van der Waals surface area contributed by atoms with Gasteiger partial charge in [-0.3, -0.25) is 19.4 Å². The van der Waals surface area contributed by atoms with E-state index in [1.165, 1.54) is 6.07 Å². The number of hydrogen-bond acceptors (Lipinski definition) is 8. The maximum absolute atomic E-state index is 13.8. The van der Waals surface area contributed by atoms with Crippen LogP contribution in [0.3, 0.4) is 0 Å². The van der Waals surface area contributed by atoms with Crippen molar-refractivity contribution < 1.29 is 48.7 Å². The molecular formula is C29H36FN3O9. The van der Waals surface area contributed by atoms with Crippen LogP contribution in [0.1, 0.15) is 42.5 Å². The summed E-state index contributed by atoms with van der Waals surface area (Å²) in [5, 5.41) is 33.8. The number of carboxylic acid groups (broad SMARTS) is 3. The summed E-state index contributed by atoms with van der Waals surface area (Å²) in [6, 6.07) is 10.8. The summed E-state index contributed by atoms with van der Waals surface area (Å²) in [6.07, 6.45) is 1.74. The largest absolute Gasteiger partial charge is 0.481 e. The highest BCUT2D eigenvalue weighted by Gasteiger charge is 2.43. The Labute approximate surface area is 242 Å². The molecule has 4 rings (SSSR count). The Morgan fingerprint density at radius 2 is 1.71 bits per heavy atom. The second kappa shape index (κ2) is 13.8. The highest BCUT2D eigenvalue weighted by Crippen LogP contribution is 2.44. The molecule has 1 aromatic carbocycles. The van der Waals surface area contributed by atoms with E-state index in [1.807, 2.05) is 24.3 Å². The van der Waals surface area contributed by atoms with Crippen molar-refractivity contribution in [1.29, 1.82) is 0 Å². The lowest BCUT2D eigenvalue weighted by molar-refractivity contribution is -0.170. The van der Waals surface area contributed by atoms with E-state index in [-0.39, 0.29) is 23.2 Å². The van der Waals surface area contributed by atoms with Crippen LogP contribution in [0, 0.1) is 11.7 Å². The van der Waals surface area contributed by atoms with E-state index >= 15 is 0 Å². The van der Waals surface area contributed by atoms with E-state index in [0.29, 0.717) is 19.6 Å². The molecule has 1 spiro atoms. The van der Waals surface area contributed by atoms with Gasteiger partial charge in [0.1, 0.15) is 5.82 Å². The molecule has 4 N–H and O–H groups in total. The Morgan fingerprint density at radius 1 is 1.07 bits per heavy atom. The van der Waals surface area contributed by atoms with Gasteiger partial charge in [0.25, 0.3) is 0 Å². The smallest absolute Gasteiger partial charge is 0.336 e. The minimum Gasteiger partial charge on any atom is -0.481 e. The zero-order valence-electron chi connectivity index (χ0n) is 23.5. The molecule has 1 aromatic heterocycles. The average molecular weight is 590 g/mol. The van der Waals surface area contributed by atoms with Crippen LogP contribution in [0.2, 0.25) is 0 Å². The molecular weight excluding hydrogens is 553 g/mol. The number of hydrogen-bond donors (Lipinski definition) is 4. The number of pyridine rings is 1. The van der Waals surface area contributed by atoms with Crippen molar-refractivity contribution in [2.75, 3.05) is 33.7 Å². The van der Waals surface area contributed by atoms with Gasteiger partial charge in [0, 0.05) is 52.0 Å². The first-order valence-corrected chi connectivity index (χ1v) is 13.4. The fourth-order valence-corrected chi connectivity index (χ4v) is 5.29. The Balaban J connectivity index is 0.000000316. The molecule has 1 fully saturated rings. The molecule has 0 radical (unpaired) electrons. The number of rotatable bonds is 10. The van der Waals surface area contributed by atoms with Crippen molar-refractivity contribution in [2.24, 2.45) is 5.92 Å². The summed E-state index contributed by atoms with van der Waals surface area (Å²) in [6.45, 7) is 2.90. The van der Waals surface area contributed by atoms with E-state index in [9.17, 15) is 23.6 Å². The van der Waals surface area contributed by atoms with Crippen molar-refractivity contribution in [2.45, 2.75) is 49.9 Å². The molecule has 1 saturated heterocycles. The maximum Gasteiger partial charge on any atom is 0.336 e. The second-order valence-corrected chi connectivity index (χ2v) is 10.8. The van der Waals surface area contributed by atoms with E-state index < -0.39 is 36.4 Å². The third-order valence-electron chi connectivity index (χ3n) is 7.47. The molecule has 12 nitrogen and oxygen atoms in total. The molecule has 0 bridgehead atoms. The average Bonchev–Trinajstić information content (AvgIpc) is 3.26. The summed E-state index contributed by atoms with van der Waals surface area (Å²) in [5.41, 5.74) is -0.0832. The summed E-state index contributed by atoms with van der Waals surface area (Å²) < 4.78 is 20.0. The van der Waals surface area contributed by atoms with Crippen molar-refractivity contribution in [3.63, 3.8) is 0 Å². The number of aliphatic hydroxyl groups is 1. The minimum atomic E-state index is -2.74. The van der Waals surface area contributed by atoms with Gasteiger partial charge in [-0.05, 0) is 48.2 Å². The monoisotopic (exact) mass is 589 g/mol. The van der Waals surface area contributed by atoms with E-state index in [2.05, 4.69) is 9.88 Å². The van der Waals surface area contributed by atoms with Crippen molar-refractivity contribution >= 4 is 23.8 Å². The maximum atomic E-state index is 13.8. The molecule has 1 unspecified atom stereocenters. The van der Waals surface area contributed by atoms with Gasteiger partial charge in [-0.25, -0.2) is 9.18 Å². The SMILES string of the molecule is CN(C)C(=O)C(Cc1ccccn1)CN1CCC2(CC1)OCc1ccc(F)cc12.O=C(O)CC(O)(CC(=O)O)C(=O)O. The fourth-order valence-electron chi connectivity index (χ4n) is 5.29. The quantitative estimate of drug-likeness (QED) is 0.317. The van der Waals surface area contributed by atoms with Crippen molar-refractivity contribution in [3.05, 3.63) is 65.2 Å². The van der Waals surface area contributed by atoms with Gasteiger partial charge >= 0.3 is 17.9 Å². The number of likely N-dealkylation sites (tertiary alicyclic amines) is 1. The lowest BCUT2D eigenvalue weighted by Crippen LogP contribution is -2.46. The number of carboxylic acids is 3. The molecule has 1 atom stereocenters. The molecule has 3 heterocycles. The molecule has 1 amide bonds. The van der Waals surface area contributed by atoms with Gasteiger partial charge in [-0.15, -0.1) is 0 Å². The number of carbonyl (C=O) groups is 4. The van der Waals surface area contributed by atoms with Crippen LogP contribution in [-0.2, 0) is 42.5 Å². The number of fused-ring (bicyclic) bond motifs is 2. The first-order valence-electron chi connectivity index (χ1n) is 13.4. The van der Waals surface area contributed by atoms with Gasteiger partial charge in [0.15, 0.2) is 5.60 Å². The number of benzene rings is 1. The summed E-state index contributed by atoms with van der Waals surface area (Å²) in [5.74, 6) is -5.23. The highest BCUT2D eigenvalue weighted by molar-refractivity contribution is 5.88. The van der Waals surface area contributed by atoms with Crippen molar-refractivity contribution in [1.82, 2.24) is 14.8 Å². The van der Waals surface area contributed by atoms with E-state index in [0.717, 1.165) is 42.8 Å².